The quantitative estimate of drug-likeness (QED) is 0.365. The molecule has 1 unspecified atom stereocenters. The van der Waals surface area contributed by atoms with Gasteiger partial charge < -0.3 is 4.74 Å². The molecule has 0 radical (unpaired) electrons. The van der Waals surface area contributed by atoms with Crippen molar-refractivity contribution >= 4 is 5.97 Å². The molecule has 0 heterocycles. The maximum atomic E-state index is 11.1. The van der Waals surface area contributed by atoms with Gasteiger partial charge in [0.25, 0.3) is 0 Å². The Morgan fingerprint density at radius 2 is 2.38 bits per heavy atom. The van der Waals surface area contributed by atoms with Crippen LogP contribution in [-0.4, -0.2) is 12.6 Å². The lowest BCUT2D eigenvalue weighted by molar-refractivity contribution is -0.146. The zero-order valence-electron chi connectivity index (χ0n) is 7.75. The highest BCUT2D eigenvalue weighted by Gasteiger charge is 2.12. The van der Waals surface area contributed by atoms with E-state index >= 15 is 0 Å². The van der Waals surface area contributed by atoms with Crippen LogP contribution >= 0.6 is 0 Å². The second-order valence-corrected chi connectivity index (χ2v) is 2.76. The number of nitrogens with zero attached hydrogens (tertiary/aromatic N) is 1. The lowest BCUT2D eigenvalue weighted by Gasteiger charge is -2.07. The van der Waals surface area contributed by atoms with Crippen molar-refractivity contribution in [3.05, 3.63) is 0 Å². The largest absolute Gasteiger partial charge is 0.452 e. The molecular weight excluding hydrogens is 166 g/mol. The van der Waals surface area contributed by atoms with Gasteiger partial charge in [-0.3, -0.25) is 4.79 Å². The zero-order valence-corrected chi connectivity index (χ0v) is 7.75. The number of carbonyl (C=O) groups is 1. The van der Waals surface area contributed by atoms with E-state index in [1.807, 2.05) is 6.07 Å². The van der Waals surface area contributed by atoms with Crippen LogP contribution in [-0.2, 0) is 9.53 Å². The van der Waals surface area contributed by atoms with Gasteiger partial charge in [0, 0.05) is 6.42 Å². The molecule has 0 N–H and O–H groups in total. The van der Waals surface area contributed by atoms with Crippen molar-refractivity contribution in [3.8, 4) is 18.4 Å². The van der Waals surface area contributed by atoms with E-state index in [1.54, 1.807) is 6.92 Å². The molecule has 0 aliphatic heterocycles. The van der Waals surface area contributed by atoms with E-state index in [2.05, 4.69) is 5.92 Å². The van der Waals surface area contributed by atoms with Gasteiger partial charge in [-0.2, -0.15) is 5.26 Å². The number of unbranched alkanes of at least 4 members (excludes halogenated alkanes) is 1. The SMILES string of the molecule is C#CCOC(=O)C(C)CCCC#N. The maximum absolute atomic E-state index is 11.1. The summed E-state index contributed by atoms with van der Waals surface area (Å²) < 4.78 is 4.73. The monoisotopic (exact) mass is 179 g/mol. The first-order valence-corrected chi connectivity index (χ1v) is 4.19. The van der Waals surface area contributed by atoms with Gasteiger partial charge in [-0.15, -0.1) is 6.42 Å². The van der Waals surface area contributed by atoms with Crippen molar-refractivity contribution in [2.75, 3.05) is 6.61 Å². The minimum absolute atomic E-state index is 0.0292. The van der Waals surface area contributed by atoms with E-state index in [0.29, 0.717) is 12.8 Å². The predicted octanol–water partition coefficient (Wildman–Crippen LogP) is 1.49. The Balaban J connectivity index is 3.59. The summed E-state index contributed by atoms with van der Waals surface area (Å²) in [5.74, 6) is 1.78. The van der Waals surface area contributed by atoms with Gasteiger partial charge in [-0.25, -0.2) is 0 Å². The smallest absolute Gasteiger partial charge is 0.309 e. The Hall–Kier alpha value is -1.48. The summed E-state index contributed by atoms with van der Waals surface area (Å²) in [6.07, 6.45) is 6.81. The molecule has 0 fully saturated rings. The molecule has 0 aromatic carbocycles. The molecule has 0 aromatic rings. The number of ether oxygens (including phenoxy) is 1. The van der Waals surface area contributed by atoms with Gasteiger partial charge in [0.2, 0.25) is 0 Å². The Kier molecular flexibility index (Phi) is 6.37. The number of esters is 1. The summed E-state index contributed by atoms with van der Waals surface area (Å²) in [6.45, 7) is 1.80. The van der Waals surface area contributed by atoms with Crippen LogP contribution in [0, 0.1) is 29.6 Å². The molecule has 13 heavy (non-hydrogen) atoms. The first-order chi connectivity index (χ1) is 6.22. The van der Waals surface area contributed by atoms with Crippen molar-refractivity contribution in [2.45, 2.75) is 26.2 Å². The standard InChI is InChI=1S/C10H13NO2/c1-3-8-13-10(12)9(2)6-4-5-7-11/h1,9H,4-6,8H2,2H3. The summed E-state index contributed by atoms with van der Waals surface area (Å²) >= 11 is 0. The van der Waals surface area contributed by atoms with Gasteiger partial charge in [0.1, 0.15) is 0 Å². The summed E-state index contributed by atoms with van der Waals surface area (Å²) in [4.78, 5) is 11.1. The second kappa shape index (κ2) is 7.18. The lowest BCUT2D eigenvalue weighted by Crippen LogP contribution is -2.14. The van der Waals surface area contributed by atoms with Gasteiger partial charge in [-0.05, 0) is 12.8 Å². The number of terminal acetylenes is 1. The minimum atomic E-state index is -0.282. The van der Waals surface area contributed by atoms with Crippen LogP contribution in [0.1, 0.15) is 26.2 Å². The highest BCUT2D eigenvalue weighted by atomic mass is 16.5. The Labute approximate surface area is 78.7 Å². The summed E-state index contributed by atoms with van der Waals surface area (Å²) in [5.41, 5.74) is 0. The first kappa shape index (κ1) is 11.5. The molecule has 0 aliphatic rings. The molecule has 0 rings (SSSR count). The number of hydrogen-bond acceptors (Lipinski definition) is 3. The van der Waals surface area contributed by atoms with E-state index in [-0.39, 0.29) is 18.5 Å². The zero-order chi connectivity index (χ0) is 10.1. The van der Waals surface area contributed by atoms with E-state index in [4.69, 9.17) is 16.4 Å². The fourth-order valence-electron chi connectivity index (χ4n) is 0.860. The van der Waals surface area contributed by atoms with Crippen molar-refractivity contribution in [1.82, 2.24) is 0 Å². The van der Waals surface area contributed by atoms with E-state index in [1.165, 1.54) is 0 Å². The topological polar surface area (TPSA) is 50.1 Å². The second-order valence-electron chi connectivity index (χ2n) is 2.76. The highest BCUT2D eigenvalue weighted by molar-refractivity contribution is 5.72. The Morgan fingerprint density at radius 1 is 1.69 bits per heavy atom. The average molecular weight is 179 g/mol. The van der Waals surface area contributed by atoms with Crippen molar-refractivity contribution in [3.63, 3.8) is 0 Å². The normalized spacial score (nSPS) is 11.0. The molecule has 3 nitrogen and oxygen atoms in total. The van der Waals surface area contributed by atoms with Crippen LogP contribution in [0.3, 0.4) is 0 Å². The van der Waals surface area contributed by atoms with Crippen molar-refractivity contribution in [2.24, 2.45) is 5.92 Å². The summed E-state index contributed by atoms with van der Waals surface area (Å²) in [7, 11) is 0. The molecule has 0 amide bonds. The first-order valence-electron chi connectivity index (χ1n) is 4.19. The third kappa shape index (κ3) is 5.75. The fourth-order valence-corrected chi connectivity index (χ4v) is 0.860. The Bertz CT molecular complexity index is 234. The third-order valence-corrected chi connectivity index (χ3v) is 1.63. The van der Waals surface area contributed by atoms with Crippen LogP contribution < -0.4 is 0 Å². The Morgan fingerprint density at radius 3 is 2.92 bits per heavy atom. The van der Waals surface area contributed by atoms with Crippen molar-refractivity contribution in [1.29, 1.82) is 5.26 Å². The number of rotatable bonds is 5. The molecule has 70 valence electrons. The van der Waals surface area contributed by atoms with Gasteiger partial charge >= 0.3 is 5.97 Å². The highest BCUT2D eigenvalue weighted by Crippen LogP contribution is 2.08. The van der Waals surface area contributed by atoms with Crippen LogP contribution in [0.4, 0.5) is 0 Å². The van der Waals surface area contributed by atoms with E-state index in [9.17, 15) is 4.79 Å². The van der Waals surface area contributed by atoms with E-state index < -0.39 is 0 Å². The van der Waals surface area contributed by atoms with Gasteiger partial charge in [-0.1, -0.05) is 12.8 Å². The number of carbonyl (C=O) groups excluding carboxylic acids is 1. The summed E-state index contributed by atoms with van der Waals surface area (Å²) in [6, 6.07) is 2.02. The van der Waals surface area contributed by atoms with Gasteiger partial charge in [0.05, 0.1) is 12.0 Å². The number of nitriles is 1. The minimum Gasteiger partial charge on any atom is -0.452 e. The lowest BCUT2D eigenvalue weighted by atomic mass is 10.1. The van der Waals surface area contributed by atoms with Crippen LogP contribution in [0.2, 0.25) is 0 Å². The molecule has 0 aromatic heterocycles. The summed E-state index contributed by atoms with van der Waals surface area (Å²) in [5, 5.41) is 8.27. The molecule has 0 saturated heterocycles. The predicted molar refractivity (Wildman–Crippen MR) is 48.4 cm³/mol. The van der Waals surface area contributed by atoms with Gasteiger partial charge in [0.15, 0.2) is 6.61 Å². The third-order valence-electron chi connectivity index (χ3n) is 1.63. The van der Waals surface area contributed by atoms with Crippen LogP contribution in [0.15, 0.2) is 0 Å². The molecule has 1 atom stereocenters. The maximum Gasteiger partial charge on any atom is 0.309 e. The molecule has 0 spiro atoms. The van der Waals surface area contributed by atoms with E-state index in [0.717, 1.165) is 6.42 Å². The van der Waals surface area contributed by atoms with Crippen LogP contribution in [0.25, 0.3) is 0 Å². The molecule has 0 aliphatic carbocycles. The molecule has 3 heteroatoms. The fraction of sp³-hybridized carbons (Fsp3) is 0.600. The van der Waals surface area contributed by atoms with Crippen LogP contribution in [0.5, 0.6) is 0 Å². The van der Waals surface area contributed by atoms with Crippen molar-refractivity contribution < 1.29 is 9.53 Å². The average Bonchev–Trinajstić information content (AvgIpc) is 2.14. The molecule has 0 bridgehead atoms. The molecule has 0 saturated carbocycles. The molecular formula is C10H13NO2. The number of hydrogen-bond donors (Lipinski definition) is 0.